The van der Waals surface area contributed by atoms with Crippen molar-refractivity contribution in [2.24, 2.45) is 0 Å². The largest absolute Gasteiger partial charge is 0.411 e. The van der Waals surface area contributed by atoms with E-state index in [9.17, 15) is 21.8 Å². The van der Waals surface area contributed by atoms with Gasteiger partial charge in [0.05, 0.1) is 28.8 Å². The van der Waals surface area contributed by atoms with Gasteiger partial charge in [-0.25, -0.2) is 4.39 Å². The minimum atomic E-state index is -4.41. The van der Waals surface area contributed by atoms with Crippen molar-refractivity contribution in [3.63, 3.8) is 0 Å². The number of nitrogen functional groups attached to an aromatic ring is 1. The van der Waals surface area contributed by atoms with Crippen LogP contribution in [0.5, 0.6) is 0 Å². The van der Waals surface area contributed by atoms with E-state index in [4.69, 9.17) is 5.73 Å². The maximum Gasteiger partial charge on any atom is 0.411 e. The molecule has 0 aliphatic rings. The molecule has 18 heavy (non-hydrogen) atoms. The van der Waals surface area contributed by atoms with Crippen molar-refractivity contribution < 1.29 is 26.5 Å². The molecule has 3 nitrogen and oxygen atoms in total. The monoisotopic (exact) mass is 285 g/mol. The fraction of sp³-hybridized carbons (Fsp3) is 0.400. The number of hydrogen-bond donors (Lipinski definition) is 1. The van der Waals surface area contributed by atoms with Gasteiger partial charge in [0.2, 0.25) is 0 Å². The predicted molar refractivity (Wildman–Crippen MR) is 59.0 cm³/mol. The van der Waals surface area contributed by atoms with Gasteiger partial charge >= 0.3 is 6.18 Å². The van der Waals surface area contributed by atoms with Gasteiger partial charge in [-0.1, -0.05) is 0 Å². The van der Waals surface area contributed by atoms with Crippen LogP contribution in [0, 0.1) is 5.82 Å². The van der Waals surface area contributed by atoms with Crippen molar-refractivity contribution in [3.05, 3.63) is 24.0 Å². The first kappa shape index (κ1) is 14.9. The highest BCUT2D eigenvalue weighted by molar-refractivity contribution is 7.85. The van der Waals surface area contributed by atoms with Crippen molar-refractivity contribution in [1.82, 2.24) is 0 Å². The van der Waals surface area contributed by atoms with Crippen molar-refractivity contribution >= 4 is 16.5 Å². The molecule has 0 amide bonds. The number of alkyl halides is 3. The molecule has 0 aliphatic heterocycles. The Hall–Kier alpha value is -1.15. The second kappa shape index (κ2) is 6.14. The summed E-state index contributed by atoms with van der Waals surface area (Å²) in [5, 5.41) is 0. The Morgan fingerprint density at radius 1 is 1.33 bits per heavy atom. The van der Waals surface area contributed by atoms with Crippen molar-refractivity contribution in [3.8, 4) is 0 Å². The van der Waals surface area contributed by atoms with Crippen LogP contribution in [0.15, 0.2) is 23.1 Å². The zero-order valence-corrected chi connectivity index (χ0v) is 9.98. The van der Waals surface area contributed by atoms with Gasteiger partial charge in [0, 0.05) is 4.90 Å². The van der Waals surface area contributed by atoms with Gasteiger partial charge in [-0.15, -0.1) is 0 Å². The van der Waals surface area contributed by atoms with E-state index in [0.29, 0.717) is 0 Å². The number of benzene rings is 1. The molecular weight excluding hydrogens is 274 g/mol. The van der Waals surface area contributed by atoms with E-state index in [2.05, 4.69) is 4.74 Å². The lowest BCUT2D eigenvalue weighted by atomic mass is 10.3. The van der Waals surface area contributed by atoms with Crippen LogP contribution in [-0.4, -0.2) is 29.4 Å². The van der Waals surface area contributed by atoms with E-state index >= 15 is 0 Å². The van der Waals surface area contributed by atoms with E-state index in [0.717, 1.165) is 6.07 Å². The maximum atomic E-state index is 13.0. The Kier molecular flexibility index (Phi) is 5.09. The molecule has 1 aromatic rings. The molecule has 0 aliphatic carbocycles. The summed E-state index contributed by atoms with van der Waals surface area (Å²) in [6, 6.07) is 3.60. The van der Waals surface area contributed by atoms with Gasteiger partial charge in [-0.05, 0) is 18.2 Å². The highest BCUT2D eigenvalue weighted by Gasteiger charge is 2.27. The topological polar surface area (TPSA) is 52.3 Å². The van der Waals surface area contributed by atoms with E-state index < -0.39 is 29.4 Å². The molecule has 0 heterocycles. The molecule has 0 saturated heterocycles. The molecule has 1 atom stereocenters. The van der Waals surface area contributed by atoms with Gasteiger partial charge < -0.3 is 10.5 Å². The quantitative estimate of drug-likeness (QED) is 0.512. The SMILES string of the molecule is Nc1ccc(S(=O)CCOCC(F)(F)F)cc1F. The minimum Gasteiger partial charge on any atom is -0.396 e. The third-order valence-corrected chi connectivity index (χ3v) is 3.23. The summed E-state index contributed by atoms with van der Waals surface area (Å²) < 4.78 is 64.1. The van der Waals surface area contributed by atoms with Crippen molar-refractivity contribution in [2.45, 2.75) is 11.1 Å². The summed E-state index contributed by atoms with van der Waals surface area (Å²) in [6.07, 6.45) is -4.41. The number of nitrogens with two attached hydrogens (primary N) is 1. The Morgan fingerprint density at radius 3 is 2.56 bits per heavy atom. The summed E-state index contributed by atoms with van der Waals surface area (Å²) in [6.45, 7) is -1.71. The third-order valence-electron chi connectivity index (χ3n) is 1.91. The van der Waals surface area contributed by atoms with Gasteiger partial charge in [0.1, 0.15) is 12.4 Å². The average molecular weight is 285 g/mol. The number of ether oxygens (including phenoxy) is 1. The lowest BCUT2D eigenvalue weighted by Crippen LogP contribution is -2.19. The standard InChI is InChI=1S/C10H11F4NO2S/c11-8-5-7(1-2-9(8)15)18(16)4-3-17-6-10(12,13)14/h1-2,5H,3-4,6,15H2. The smallest absolute Gasteiger partial charge is 0.396 e. The van der Waals surface area contributed by atoms with E-state index in [-0.39, 0.29) is 22.9 Å². The summed E-state index contributed by atoms with van der Waals surface area (Å²) in [4.78, 5) is 0.164. The van der Waals surface area contributed by atoms with E-state index in [1.54, 1.807) is 0 Å². The first-order chi connectivity index (χ1) is 8.29. The second-order valence-corrected chi connectivity index (χ2v) is 4.97. The number of rotatable bonds is 5. The average Bonchev–Trinajstić information content (AvgIpc) is 2.26. The van der Waals surface area contributed by atoms with Crippen LogP contribution in [0.2, 0.25) is 0 Å². The minimum absolute atomic E-state index is 0.0796. The van der Waals surface area contributed by atoms with Gasteiger partial charge in [-0.3, -0.25) is 4.21 Å². The third kappa shape index (κ3) is 5.01. The maximum absolute atomic E-state index is 13.0. The molecule has 8 heteroatoms. The summed E-state index contributed by atoms with van der Waals surface area (Å²) >= 11 is 0. The van der Waals surface area contributed by atoms with Gasteiger partial charge in [0.25, 0.3) is 0 Å². The highest BCUT2D eigenvalue weighted by Crippen LogP contribution is 2.16. The summed E-state index contributed by atoms with van der Waals surface area (Å²) in [7, 11) is -1.62. The van der Waals surface area contributed by atoms with Crippen LogP contribution in [0.4, 0.5) is 23.2 Å². The molecule has 1 rings (SSSR count). The zero-order valence-electron chi connectivity index (χ0n) is 9.17. The lowest BCUT2D eigenvalue weighted by Gasteiger charge is -2.07. The second-order valence-electron chi connectivity index (χ2n) is 3.40. The Balaban J connectivity index is 2.43. The molecular formula is C10H11F4NO2S. The van der Waals surface area contributed by atoms with Crippen molar-refractivity contribution in [1.29, 1.82) is 0 Å². The molecule has 0 spiro atoms. The van der Waals surface area contributed by atoms with Crippen LogP contribution in [0.1, 0.15) is 0 Å². The van der Waals surface area contributed by atoms with Crippen LogP contribution in [0.3, 0.4) is 0 Å². The first-order valence-electron chi connectivity index (χ1n) is 4.87. The molecule has 1 unspecified atom stereocenters. The van der Waals surface area contributed by atoms with Crippen LogP contribution >= 0.6 is 0 Å². The van der Waals surface area contributed by atoms with Gasteiger partial charge in [-0.2, -0.15) is 13.2 Å². The normalized spacial score (nSPS) is 13.6. The molecule has 0 bridgehead atoms. The molecule has 0 aromatic heterocycles. The van der Waals surface area contributed by atoms with E-state index in [1.807, 2.05) is 0 Å². The lowest BCUT2D eigenvalue weighted by molar-refractivity contribution is -0.172. The fourth-order valence-corrected chi connectivity index (χ4v) is 2.05. The zero-order chi connectivity index (χ0) is 13.8. The number of hydrogen-bond acceptors (Lipinski definition) is 3. The predicted octanol–water partition coefficient (Wildman–Crippen LogP) is 2.09. The number of halogens is 4. The molecule has 0 radical (unpaired) electrons. The molecule has 0 fully saturated rings. The highest BCUT2D eigenvalue weighted by atomic mass is 32.2. The van der Waals surface area contributed by atoms with E-state index in [1.165, 1.54) is 12.1 Å². The van der Waals surface area contributed by atoms with Crippen LogP contribution in [0.25, 0.3) is 0 Å². The molecule has 102 valence electrons. The first-order valence-corrected chi connectivity index (χ1v) is 6.19. The van der Waals surface area contributed by atoms with Gasteiger partial charge in [0.15, 0.2) is 0 Å². The van der Waals surface area contributed by atoms with Crippen LogP contribution in [-0.2, 0) is 15.5 Å². The van der Waals surface area contributed by atoms with Crippen LogP contribution < -0.4 is 5.73 Å². The Labute approximate surface area is 103 Å². The van der Waals surface area contributed by atoms with Crippen molar-refractivity contribution in [2.75, 3.05) is 24.7 Å². The summed E-state index contributed by atoms with van der Waals surface area (Å²) in [5.74, 6) is -0.851. The summed E-state index contributed by atoms with van der Waals surface area (Å²) in [5.41, 5.74) is 5.16. The molecule has 2 N–H and O–H groups in total. The fourth-order valence-electron chi connectivity index (χ4n) is 1.09. The Morgan fingerprint density at radius 2 is 2.00 bits per heavy atom. The Bertz CT molecular complexity index is 436. The molecule has 0 saturated carbocycles. The molecule has 1 aromatic carbocycles. The number of anilines is 1.